The van der Waals surface area contributed by atoms with Gasteiger partial charge in [0, 0.05) is 51.9 Å². The molecule has 2 fully saturated rings. The highest BCUT2D eigenvalue weighted by Gasteiger charge is 2.35. The van der Waals surface area contributed by atoms with Gasteiger partial charge in [-0.2, -0.15) is 0 Å². The summed E-state index contributed by atoms with van der Waals surface area (Å²) in [6, 6.07) is 3.77. The number of pyridine rings is 1. The van der Waals surface area contributed by atoms with E-state index in [1.165, 1.54) is 7.05 Å². The van der Waals surface area contributed by atoms with Gasteiger partial charge in [0.2, 0.25) is 0 Å². The van der Waals surface area contributed by atoms with E-state index in [1.807, 2.05) is 9.80 Å². The minimum Gasteiger partial charge on any atom is -0.383 e. The third-order valence-electron chi connectivity index (χ3n) is 7.21. The normalized spacial score (nSPS) is 18.6. The number of hydrogen-bond donors (Lipinski definition) is 5. The fraction of sp³-hybridized carbons (Fsp3) is 0.500. The van der Waals surface area contributed by atoms with Crippen LogP contribution in [0.3, 0.4) is 0 Å². The first-order valence-electron chi connectivity index (χ1n) is 12.8. The van der Waals surface area contributed by atoms with Crippen molar-refractivity contribution >= 4 is 58.4 Å². The zero-order valence-electron chi connectivity index (χ0n) is 21.9. The van der Waals surface area contributed by atoms with Gasteiger partial charge in [-0.1, -0.05) is 30.1 Å². The van der Waals surface area contributed by atoms with Crippen molar-refractivity contribution in [2.24, 2.45) is 0 Å². The molecule has 2 aliphatic rings. The Morgan fingerprint density at radius 1 is 1.08 bits per heavy atom. The molecular formula is C24H33Cl2N11O2. The average Bonchev–Trinajstić information content (AvgIpc) is 2.93. The van der Waals surface area contributed by atoms with Crippen LogP contribution in [-0.2, 0) is 0 Å². The molecule has 4 rings (SSSR count). The number of halogens is 2. The molecule has 210 valence electrons. The summed E-state index contributed by atoms with van der Waals surface area (Å²) in [6.07, 6.45) is 2.61. The highest BCUT2D eigenvalue weighted by molar-refractivity contribution is 6.32. The summed E-state index contributed by atoms with van der Waals surface area (Å²) in [7, 11) is 1.51. The number of nitrogens with two attached hydrogens (primary N) is 2. The molecule has 2 aliphatic heterocycles. The van der Waals surface area contributed by atoms with Crippen LogP contribution in [0, 0.1) is 5.41 Å². The fourth-order valence-electron chi connectivity index (χ4n) is 5.13. The Balaban J connectivity index is 1.39. The minimum absolute atomic E-state index is 0.0557. The first-order valence-corrected chi connectivity index (χ1v) is 13.5. The minimum atomic E-state index is -0.663. The van der Waals surface area contributed by atoms with E-state index >= 15 is 0 Å². The Kier molecular flexibility index (Phi) is 8.93. The number of amides is 2. The average molecular weight is 579 g/mol. The maximum Gasteiger partial charge on any atom is 0.280 e. The molecule has 2 amide bonds. The number of nitrogens with one attached hydrogen (secondary N) is 3. The number of hydrogen-bond acceptors (Lipinski definition) is 10. The molecule has 0 aromatic carbocycles. The number of aromatic nitrogens is 3. The Morgan fingerprint density at radius 3 is 2.44 bits per heavy atom. The molecule has 2 saturated heterocycles. The van der Waals surface area contributed by atoms with E-state index in [9.17, 15) is 9.59 Å². The molecule has 2 aromatic rings. The predicted octanol–water partition coefficient (Wildman–Crippen LogP) is 1.43. The number of nitrogen functional groups attached to an aromatic ring is 2. The third-order valence-corrected chi connectivity index (χ3v) is 7.67. The van der Waals surface area contributed by atoms with Crippen LogP contribution >= 0.6 is 23.2 Å². The van der Waals surface area contributed by atoms with E-state index in [2.05, 4.69) is 37.4 Å². The number of anilines is 3. The standard InChI is InChI=1S/C24H33Cl2N11O2/c1-3-13-12-36(21-18(26)32-17(20(28)33-21)22(38)34-24(29)30-2)10-11-37(13)14-6-8-35(9-7-14)23(39)15-4-5-16(25)31-19(15)27/h4-5,13-14H,3,6-12H2,1-2H3,(H2,27,31)(H2,28,33)(H3,29,30,34,38)/t13-/m0/s1. The van der Waals surface area contributed by atoms with Crippen LogP contribution < -0.4 is 27.0 Å². The lowest BCUT2D eigenvalue weighted by Crippen LogP contribution is -2.58. The van der Waals surface area contributed by atoms with Gasteiger partial charge < -0.3 is 26.6 Å². The highest BCUT2D eigenvalue weighted by atomic mass is 35.5. The first-order chi connectivity index (χ1) is 18.6. The number of carbonyl (C=O) groups is 2. The van der Waals surface area contributed by atoms with E-state index in [0.29, 0.717) is 43.6 Å². The summed E-state index contributed by atoms with van der Waals surface area (Å²) in [4.78, 5) is 44.3. The second-order valence-corrected chi connectivity index (χ2v) is 10.2. The first kappa shape index (κ1) is 28.6. The molecule has 39 heavy (non-hydrogen) atoms. The number of guanidine groups is 1. The molecule has 0 saturated carbocycles. The van der Waals surface area contributed by atoms with Gasteiger partial charge in [-0.3, -0.25) is 25.2 Å². The maximum absolute atomic E-state index is 13.0. The molecule has 0 bridgehead atoms. The van der Waals surface area contributed by atoms with Gasteiger partial charge >= 0.3 is 0 Å². The van der Waals surface area contributed by atoms with E-state index in [4.69, 9.17) is 40.1 Å². The van der Waals surface area contributed by atoms with E-state index < -0.39 is 5.91 Å². The predicted molar refractivity (Wildman–Crippen MR) is 151 cm³/mol. The number of nitrogens with zero attached hydrogens (tertiary/aromatic N) is 6. The summed E-state index contributed by atoms with van der Waals surface area (Å²) in [5.74, 6) is -0.460. The van der Waals surface area contributed by atoms with Gasteiger partial charge in [0.25, 0.3) is 11.8 Å². The van der Waals surface area contributed by atoms with Crippen molar-refractivity contribution in [2.45, 2.75) is 38.3 Å². The number of carbonyl (C=O) groups excluding carboxylic acids is 2. The van der Waals surface area contributed by atoms with Gasteiger partial charge in [-0.15, -0.1) is 0 Å². The van der Waals surface area contributed by atoms with Gasteiger partial charge in [0.05, 0.1) is 5.56 Å². The van der Waals surface area contributed by atoms with Crippen molar-refractivity contribution in [3.63, 3.8) is 0 Å². The molecule has 13 nitrogen and oxygen atoms in total. The third kappa shape index (κ3) is 6.26. The lowest BCUT2D eigenvalue weighted by atomic mass is 9.97. The second-order valence-electron chi connectivity index (χ2n) is 9.49. The lowest BCUT2D eigenvalue weighted by molar-refractivity contribution is 0.0491. The molecular weight excluding hydrogens is 545 g/mol. The topological polar surface area (TPSA) is 182 Å². The molecule has 15 heteroatoms. The number of likely N-dealkylation sites (tertiary alicyclic amines) is 1. The number of piperidine rings is 1. The zero-order chi connectivity index (χ0) is 28.3. The number of rotatable bonds is 5. The Hall–Kier alpha value is -3.42. The smallest absolute Gasteiger partial charge is 0.280 e. The second kappa shape index (κ2) is 12.2. The van der Waals surface area contributed by atoms with Crippen LogP contribution in [0.5, 0.6) is 0 Å². The SMILES string of the molecule is CC[C@H]1CN(c2nc(N)c(C(=O)NC(=N)NC)nc2Cl)CCN1C1CCN(C(=O)c2ccc(Cl)nc2N)CC1. The maximum atomic E-state index is 13.0. The Labute approximate surface area is 236 Å². The summed E-state index contributed by atoms with van der Waals surface area (Å²) >= 11 is 12.3. The van der Waals surface area contributed by atoms with Gasteiger partial charge in [0.15, 0.2) is 28.4 Å². The van der Waals surface area contributed by atoms with Crippen LogP contribution in [0.1, 0.15) is 47.0 Å². The van der Waals surface area contributed by atoms with Crippen molar-refractivity contribution in [1.29, 1.82) is 5.41 Å². The van der Waals surface area contributed by atoms with E-state index in [1.54, 1.807) is 12.1 Å². The van der Waals surface area contributed by atoms with Crippen LogP contribution in [0.15, 0.2) is 12.1 Å². The molecule has 0 aliphatic carbocycles. The summed E-state index contributed by atoms with van der Waals surface area (Å²) in [5.41, 5.74) is 12.2. The van der Waals surface area contributed by atoms with Crippen LogP contribution in [-0.4, -0.2) is 94.4 Å². The highest BCUT2D eigenvalue weighted by Crippen LogP contribution is 2.30. The van der Waals surface area contributed by atoms with Crippen molar-refractivity contribution in [2.75, 3.05) is 56.1 Å². The summed E-state index contributed by atoms with van der Waals surface area (Å²) in [6.45, 7) is 5.51. The Bertz CT molecular complexity index is 1250. The van der Waals surface area contributed by atoms with Crippen molar-refractivity contribution < 1.29 is 9.59 Å². The monoisotopic (exact) mass is 577 g/mol. The quantitative estimate of drug-likeness (QED) is 0.198. The molecule has 4 heterocycles. The molecule has 0 unspecified atom stereocenters. The van der Waals surface area contributed by atoms with Crippen molar-refractivity contribution in [3.8, 4) is 0 Å². The largest absolute Gasteiger partial charge is 0.383 e. The van der Waals surface area contributed by atoms with Crippen molar-refractivity contribution in [3.05, 3.63) is 33.7 Å². The van der Waals surface area contributed by atoms with Crippen molar-refractivity contribution in [1.82, 2.24) is 35.4 Å². The number of piperazine rings is 1. The van der Waals surface area contributed by atoms with Crippen LogP contribution in [0.2, 0.25) is 10.3 Å². The molecule has 1 atom stereocenters. The van der Waals surface area contributed by atoms with Crippen LogP contribution in [0.25, 0.3) is 0 Å². The molecule has 0 radical (unpaired) electrons. The van der Waals surface area contributed by atoms with Gasteiger partial charge in [-0.25, -0.2) is 15.0 Å². The van der Waals surface area contributed by atoms with Gasteiger partial charge in [-0.05, 0) is 31.4 Å². The van der Waals surface area contributed by atoms with E-state index in [-0.39, 0.29) is 45.5 Å². The summed E-state index contributed by atoms with van der Waals surface area (Å²) < 4.78 is 0. The molecule has 7 N–H and O–H groups in total. The zero-order valence-corrected chi connectivity index (χ0v) is 23.4. The summed E-state index contributed by atoms with van der Waals surface area (Å²) in [5, 5.41) is 12.7. The van der Waals surface area contributed by atoms with Gasteiger partial charge in [0.1, 0.15) is 11.0 Å². The van der Waals surface area contributed by atoms with Crippen LogP contribution in [0.4, 0.5) is 17.5 Å². The van der Waals surface area contributed by atoms with E-state index in [0.717, 1.165) is 25.8 Å². The Morgan fingerprint density at radius 2 is 1.79 bits per heavy atom. The fourth-order valence-corrected chi connectivity index (χ4v) is 5.53. The molecule has 2 aromatic heterocycles. The molecule has 0 spiro atoms. The lowest BCUT2D eigenvalue weighted by Gasteiger charge is -2.47.